The van der Waals surface area contributed by atoms with Crippen molar-refractivity contribution in [1.82, 2.24) is 20.6 Å². The summed E-state index contributed by atoms with van der Waals surface area (Å²) in [6.45, 7) is 0.875. The van der Waals surface area contributed by atoms with Crippen LogP contribution in [0, 0.1) is 0 Å². The first-order chi connectivity index (χ1) is 7.33. The summed E-state index contributed by atoms with van der Waals surface area (Å²) in [7, 11) is 1.81. The van der Waals surface area contributed by atoms with Crippen LogP contribution in [0.1, 0.15) is 6.42 Å². The molecule has 0 atom stereocenters. The van der Waals surface area contributed by atoms with Crippen molar-refractivity contribution in [2.75, 3.05) is 19.3 Å². The first kappa shape index (κ1) is 12.2. The lowest BCUT2D eigenvalue weighted by Crippen LogP contribution is -2.33. The van der Waals surface area contributed by atoms with Crippen molar-refractivity contribution in [3.05, 3.63) is 18.5 Å². The molecular formula is C9H14N4S2. The lowest BCUT2D eigenvalue weighted by molar-refractivity contribution is 0.832. The van der Waals surface area contributed by atoms with Crippen molar-refractivity contribution in [3.63, 3.8) is 0 Å². The maximum atomic E-state index is 4.94. The second-order valence-electron chi connectivity index (χ2n) is 2.74. The van der Waals surface area contributed by atoms with Crippen molar-refractivity contribution < 1.29 is 0 Å². The third-order valence-corrected chi connectivity index (χ3v) is 2.92. The molecule has 1 aromatic heterocycles. The molecule has 1 heterocycles. The molecule has 0 aliphatic carbocycles. The summed E-state index contributed by atoms with van der Waals surface area (Å²) in [5.74, 6) is 0.989. The molecule has 0 unspecified atom stereocenters. The average Bonchev–Trinajstić information content (AvgIpc) is 2.29. The smallest absolute Gasteiger partial charge is 0.187 e. The van der Waals surface area contributed by atoms with Crippen molar-refractivity contribution in [3.8, 4) is 0 Å². The van der Waals surface area contributed by atoms with Gasteiger partial charge in [0.1, 0.15) is 0 Å². The molecule has 0 amide bonds. The van der Waals surface area contributed by atoms with E-state index in [0.29, 0.717) is 5.11 Å². The third kappa shape index (κ3) is 5.54. The SMILES string of the molecule is CNC(=S)NCCCSc1ncccn1. The first-order valence-corrected chi connectivity index (χ1v) is 6.07. The van der Waals surface area contributed by atoms with Gasteiger partial charge in [0.05, 0.1) is 0 Å². The molecule has 1 aromatic rings. The van der Waals surface area contributed by atoms with E-state index in [4.69, 9.17) is 12.2 Å². The zero-order chi connectivity index (χ0) is 10.9. The minimum atomic E-state index is 0.691. The van der Waals surface area contributed by atoms with Gasteiger partial charge in [-0.25, -0.2) is 9.97 Å². The van der Waals surface area contributed by atoms with Crippen molar-refractivity contribution in [2.24, 2.45) is 0 Å². The number of nitrogens with one attached hydrogen (secondary N) is 2. The fraction of sp³-hybridized carbons (Fsp3) is 0.444. The maximum absolute atomic E-state index is 4.94. The first-order valence-electron chi connectivity index (χ1n) is 4.68. The highest BCUT2D eigenvalue weighted by atomic mass is 32.2. The second-order valence-corrected chi connectivity index (χ2v) is 4.21. The Morgan fingerprint density at radius 1 is 1.47 bits per heavy atom. The van der Waals surface area contributed by atoms with Gasteiger partial charge in [0.2, 0.25) is 0 Å². The lowest BCUT2D eigenvalue weighted by atomic mass is 10.5. The van der Waals surface area contributed by atoms with Crippen molar-refractivity contribution in [1.29, 1.82) is 0 Å². The van der Waals surface area contributed by atoms with Gasteiger partial charge in [-0.05, 0) is 24.7 Å². The predicted octanol–water partition coefficient (Wildman–Crippen LogP) is 1.05. The van der Waals surface area contributed by atoms with E-state index in [1.165, 1.54) is 0 Å². The van der Waals surface area contributed by atoms with E-state index in [-0.39, 0.29) is 0 Å². The van der Waals surface area contributed by atoms with Crippen LogP contribution >= 0.6 is 24.0 Å². The summed E-state index contributed by atoms with van der Waals surface area (Å²) in [6.07, 6.45) is 4.54. The summed E-state index contributed by atoms with van der Waals surface area (Å²) in [5.41, 5.74) is 0. The van der Waals surface area contributed by atoms with E-state index in [2.05, 4.69) is 20.6 Å². The van der Waals surface area contributed by atoms with Gasteiger partial charge in [-0.1, -0.05) is 11.8 Å². The van der Waals surface area contributed by atoms with Crippen LogP contribution in [0.3, 0.4) is 0 Å². The van der Waals surface area contributed by atoms with Gasteiger partial charge < -0.3 is 10.6 Å². The monoisotopic (exact) mass is 242 g/mol. The molecule has 1 rings (SSSR count). The lowest BCUT2D eigenvalue weighted by Gasteiger charge is -2.05. The number of hydrogen-bond donors (Lipinski definition) is 2. The molecule has 6 heteroatoms. The summed E-state index contributed by atoms with van der Waals surface area (Å²) >= 11 is 6.60. The number of nitrogens with zero attached hydrogens (tertiary/aromatic N) is 2. The topological polar surface area (TPSA) is 49.8 Å². The van der Waals surface area contributed by atoms with Crippen LogP contribution in [0.15, 0.2) is 23.6 Å². The Morgan fingerprint density at radius 3 is 2.87 bits per heavy atom. The minimum Gasteiger partial charge on any atom is -0.366 e. The standard InChI is InChI=1S/C9H14N4S2/c1-10-8(14)11-6-3-7-15-9-12-4-2-5-13-9/h2,4-5H,3,6-7H2,1H3,(H2,10,11,14). The van der Waals surface area contributed by atoms with Gasteiger partial charge in [-0.15, -0.1) is 0 Å². The molecule has 0 spiro atoms. The maximum Gasteiger partial charge on any atom is 0.187 e. The Hall–Kier alpha value is -0.880. The number of thiocarbonyl (C=S) groups is 1. The van der Waals surface area contributed by atoms with Gasteiger partial charge in [-0.3, -0.25) is 0 Å². The van der Waals surface area contributed by atoms with E-state index < -0.39 is 0 Å². The third-order valence-electron chi connectivity index (χ3n) is 1.61. The van der Waals surface area contributed by atoms with Crippen LogP contribution in [-0.2, 0) is 0 Å². The number of hydrogen-bond acceptors (Lipinski definition) is 4. The van der Waals surface area contributed by atoms with Crippen LogP contribution < -0.4 is 10.6 Å². The molecule has 4 nitrogen and oxygen atoms in total. The Labute approximate surface area is 99.3 Å². The normalized spacial score (nSPS) is 9.67. The van der Waals surface area contributed by atoms with E-state index in [0.717, 1.165) is 23.9 Å². The Balaban J connectivity index is 2.05. The zero-order valence-electron chi connectivity index (χ0n) is 8.56. The Morgan fingerprint density at radius 2 is 2.20 bits per heavy atom. The fourth-order valence-electron chi connectivity index (χ4n) is 0.886. The molecule has 0 aliphatic heterocycles. The van der Waals surface area contributed by atoms with E-state index >= 15 is 0 Å². The molecule has 0 aromatic carbocycles. The highest BCUT2D eigenvalue weighted by molar-refractivity contribution is 7.99. The number of thioether (sulfide) groups is 1. The number of aromatic nitrogens is 2. The quantitative estimate of drug-likeness (QED) is 0.348. The molecular weight excluding hydrogens is 228 g/mol. The highest BCUT2D eigenvalue weighted by Crippen LogP contribution is 2.11. The molecule has 0 fully saturated rings. The van der Waals surface area contributed by atoms with Crippen LogP contribution in [-0.4, -0.2) is 34.4 Å². The summed E-state index contributed by atoms with van der Waals surface area (Å²) in [4.78, 5) is 8.24. The van der Waals surface area contributed by atoms with Gasteiger partial charge in [0, 0.05) is 31.7 Å². The van der Waals surface area contributed by atoms with Gasteiger partial charge in [-0.2, -0.15) is 0 Å². The van der Waals surface area contributed by atoms with Gasteiger partial charge in [0.25, 0.3) is 0 Å². The van der Waals surface area contributed by atoms with Crippen LogP contribution in [0.5, 0.6) is 0 Å². The molecule has 2 N–H and O–H groups in total. The minimum absolute atomic E-state index is 0.691. The van der Waals surface area contributed by atoms with E-state index in [9.17, 15) is 0 Å². The van der Waals surface area contributed by atoms with Gasteiger partial charge in [0.15, 0.2) is 10.3 Å². The van der Waals surface area contributed by atoms with Crippen LogP contribution in [0.4, 0.5) is 0 Å². The van der Waals surface area contributed by atoms with Gasteiger partial charge >= 0.3 is 0 Å². The molecule has 0 radical (unpaired) electrons. The highest BCUT2D eigenvalue weighted by Gasteiger charge is 1.95. The zero-order valence-corrected chi connectivity index (χ0v) is 10.2. The summed E-state index contributed by atoms with van der Waals surface area (Å²) < 4.78 is 0. The van der Waals surface area contributed by atoms with Crippen molar-refractivity contribution >= 4 is 29.1 Å². The largest absolute Gasteiger partial charge is 0.366 e. The Bertz CT molecular complexity index is 291. The van der Waals surface area contributed by atoms with E-state index in [1.807, 2.05) is 13.1 Å². The fourth-order valence-corrected chi connectivity index (χ4v) is 1.73. The van der Waals surface area contributed by atoms with Crippen LogP contribution in [0.25, 0.3) is 0 Å². The summed E-state index contributed by atoms with van der Waals surface area (Å²) in [6, 6.07) is 1.82. The molecule has 82 valence electrons. The Kier molecular flexibility index (Phi) is 6.03. The predicted molar refractivity (Wildman–Crippen MR) is 67.0 cm³/mol. The summed E-state index contributed by atoms with van der Waals surface area (Å²) in [5, 5.41) is 7.47. The van der Waals surface area contributed by atoms with Crippen molar-refractivity contribution in [2.45, 2.75) is 11.6 Å². The molecule has 0 saturated carbocycles. The molecule has 0 saturated heterocycles. The second kappa shape index (κ2) is 7.42. The van der Waals surface area contributed by atoms with E-state index in [1.54, 1.807) is 24.2 Å². The van der Waals surface area contributed by atoms with Crippen LogP contribution in [0.2, 0.25) is 0 Å². The molecule has 0 aliphatic rings. The molecule has 0 bridgehead atoms. The average molecular weight is 242 g/mol. The molecule has 15 heavy (non-hydrogen) atoms. The number of rotatable bonds is 5.